The van der Waals surface area contributed by atoms with Gasteiger partial charge in [-0.15, -0.1) is 0 Å². The predicted octanol–water partition coefficient (Wildman–Crippen LogP) is 3.19. The molecule has 0 amide bonds. The van der Waals surface area contributed by atoms with Crippen molar-refractivity contribution in [3.8, 4) is 11.5 Å². The first-order chi connectivity index (χ1) is 12.0. The first-order valence-corrected chi connectivity index (χ1v) is 8.08. The third kappa shape index (κ3) is 2.70. The predicted molar refractivity (Wildman–Crippen MR) is 96.3 cm³/mol. The molecule has 0 aliphatic heterocycles. The van der Waals surface area contributed by atoms with Crippen LogP contribution in [0, 0.1) is 0 Å². The van der Waals surface area contributed by atoms with Crippen molar-refractivity contribution in [3.63, 3.8) is 0 Å². The number of hydrogen-bond acceptors (Lipinski definition) is 4. The fraction of sp³-hybridized carbons (Fsp3) is 0.111. The summed E-state index contributed by atoms with van der Waals surface area (Å²) in [7, 11) is 0. The number of benzene rings is 2. The van der Waals surface area contributed by atoms with E-state index in [0.717, 1.165) is 16.5 Å². The Hall–Kier alpha value is -2.99. The molecule has 2 aromatic heterocycles. The maximum absolute atomic E-state index is 12.7. The number of phenolic OH excluding ortho intramolecular Hbond substituents is 2. The molecule has 4 rings (SSSR count). The Bertz CT molecular complexity index is 1160. The van der Waals surface area contributed by atoms with E-state index in [1.807, 2.05) is 6.07 Å². The highest BCUT2D eigenvalue weighted by Gasteiger charge is 2.11. The first kappa shape index (κ1) is 15.5. The summed E-state index contributed by atoms with van der Waals surface area (Å²) in [5, 5.41) is 20.3. The van der Waals surface area contributed by atoms with Gasteiger partial charge in [-0.25, -0.2) is 4.98 Å². The van der Waals surface area contributed by atoms with Crippen molar-refractivity contribution < 1.29 is 10.2 Å². The van der Waals surface area contributed by atoms with Crippen molar-refractivity contribution in [2.45, 2.75) is 13.0 Å². The zero-order chi connectivity index (χ0) is 17.6. The highest BCUT2D eigenvalue weighted by Crippen LogP contribution is 2.26. The third-order valence-corrected chi connectivity index (χ3v) is 4.45. The molecule has 0 saturated heterocycles. The standard InChI is InChI=1S/C18H14ClN3O3/c19-11-2-3-13-12(8-11)16-17(21-13)18(25)22(9-20-16)6-5-10-1-4-14(23)15(24)7-10/h1-4,7-9,21,23-24H,5-6H2. The van der Waals surface area contributed by atoms with Gasteiger partial charge in [-0.3, -0.25) is 9.36 Å². The molecule has 0 fully saturated rings. The van der Waals surface area contributed by atoms with Crippen LogP contribution in [-0.2, 0) is 13.0 Å². The monoisotopic (exact) mass is 355 g/mol. The summed E-state index contributed by atoms with van der Waals surface area (Å²) in [5.41, 5.74) is 2.49. The van der Waals surface area contributed by atoms with Crippen LogP contribution >= 0.6 is 11.6 Å². The normalized spacial score (nSPS) is 11.4. The van der Waals surface area contributed by atoms with Crippen LogP contribution in [-0.4, -0.2) is 24.7 Å². The number of hydrogen-bond donors (Lipinski definition) is 3. The van der Waals surface area contributed by atoms with E-state index >= 15 is 0 Å². The summed E-state index contributed by atoms with van der Waals surface area (Å²) < 4.78 is 1.52. The van der Waals surface area contributed by atoms with E-state index in [0.29, 0.717) is 29.0 Å². The number of aromatic nitrogens is 3. The van der Waals surface area contributed by atoms with E-state index in [4.69, 9.17) is 11.6 Å². The number of fused-ring (bicyclic) bond motifs is 3. The van der Waals surface area contributed by atoms with Gasteiger partial charge in [-0.05, 0) is 42.3 Å². The molecule has 0 aliphatic carbocycles. The Labute approximate surface area is 146 Å². The maximum Gasteiger partial charge on any atom is 0.277 e. The summed E-state index contributed by atoms with van der Waals surface area (Å²) >= 11 is 6.03. The zero-order valence-electron chi connectivity index (χ0n) is 13.0. The van der Waals surface area contributed by atoms with Gasteiger partial charge in [0.1, 0.15) is 11.0 Å². The second kappa shape index (κ2) is 5.82. The summed E-state index contributed by atoms with van der Waals surface area (Å²) in [4.78, 5) is 20.2. The van der Waals surface area contributed by atoms with Crippen molar-refractivity contribution in [1.29, 1.82) is 0 Å². The molecule has 0 saturated carbocycles. The van der Waals surface area contributed by atoms with Crippen LogP contribution in [0.15, 0.2) is 47.5 Å². The van der Waals surface area contributed by atoms with Crippen LogP contribution in [0.2, 0.25) is 5.02 Å². The van der Waals surface area contributed by atoms with Crippen molar-refractivity contribution in [2.75, 3.05) is 0 Å². The molecule has 126 valence electrons. The lowest BCUT2D eigenvalue weighted by Crippen LogP contribution is -2.21. The van der Waals surface area contributed by atoms with E-state index < -0.39 is 0 Å². The van der Waals surface area contributed by atoms with Crippen LogP contribution in [0.4, 0.5) is 0 Å². The molecule has 0 atom stereocenters. The summed E-state index contributed by atoms with van der Waals surface area (Å²) in [5.74, 6) is -0.341. The fourth-order valence-corrected chi connectivity index (χ4v) is 3.07. The molecule has 6 nitrogen and oxygen atoms in total. The Morgan fingerprint density at radius 3 is 2.76 bits per heavy atom. The number of phenols is 2. The summed E-state index contributed by atoms with van der Waals surface area (Å²) in [6, 6.07) is 9.98. The Balaban J connectivity index is 1.70. The van der Waals surface area contributed by atoms with Gasteiger partial charge in [0, 0.05) is 22.5 Å². The minimum atomic E-state index is -0.175. The van der Waals surface area contributed by atoms with Crippen LogP contribution in [0.25, 0.3) is 21.9 Å². The highest BCUT2D eigenvalue weighted by atomic mass is 35.5. The number of halogens is 1. The van der Waals surface area contributed by atoms with Crippen LogP contribution in [0.1, 0.15) is 5.56 Å². The van der Waals surface area contributed by atoms with Crippen LogP contribution in [0.3, 0.4) is 0 Å². The molecule has 7 heteroatoms. The SMILES string of the molecule is O=c1c2[nH]c3ccc(Cl)cc3c2ncn1CCc1ccc(O)c(O)c1. The largest absolute Gasteiger partial charge is 0.504 e. The zero-order valence-corrected chi connectivity index (χ0v) is 13.8. The molecular formula is C18H14ClN3O3. The molecule has 4 aromatic rings. The van der Waals surface area contributed by atoms with E-state index in [9.17, 15) is 15.0 Å². The fourth-order valence-electron chi connectivity index (χ4n) is 2.90. The van der Waals surface area contributed by atoms with Gasteiger partial charge in [-0.1, -0.05) is 17.7 Å². The molecule has 25 heavy (non-hydrogen) atoms. The molecule has 0 spiro atoms. The topological polar surface area (TPSA) is 91.1 Å². The quantitative estimate of drug-likeness (QED) is 0.492. The van der Waals surface area contributed by atoms with Gasteiger partial charge in [0.15, 0.2) is 11.5 Å². The average molecular weight is 356 g/mol. The van der Waals surface area contributed by atoms with Crippen molar-refractivity contribution in [1.82, 2.24) is 14.5 Å². The molecular weight excluding hydrogens is 342 g/mol. The van der Waals surface area contributed by atoms with E-state index in [1.54, 1.807) is 18.2 Å². The van der Waals surface area contributed by atoms with Crippen LogP contribution in [0.5, 0.6) is 11.5 Å². The van der Waals surface area contributed by atoms with Gasteiger partial charge in [-0.2, -0.15) is 0 Å². The minimum absolute atomic E-state index is 0.166. The van der Waals surface area contributed by atoms with E-state index in [1.165, 1.54) is 23.0 Å². The Kier molecular flexibility index (Phi) is 3.62. The lowest BCUT2D eigenvalue weighted by molar-refractivity contribution is 0.403. The average Bonchev–Trinajstić information content (AvgIpc) is 2.96. The third-order valence-electron chi connectivity index (χ3n) is 4.22. The van der Waals surface area contributed by atoms with Crippen molar-refractivity contribution in [3.05, 3.63) is 63.7 Å². The van der Waals surface area contributed by atoms with Gasteiger partial charge in [0.2, 0.25) is 0 Å². The number of nitrogens with one attached hydrogen (secondary N) is 1. The lowest BCUT2D eigenvalue weighted by Gasteiger charge is -2.06. The maximum atomic E-state index is 12.7. The van der Waals surface area contributed by atoms with Gasteiger partial charge in [0.05, 0.1) is 6.33 Å². The number of aromatic hydroxyl groups is 2. The summed E-state index contributed by atoms with van der Waals surface area (Å²) in [6.45, 7) is 0.405. The number of rotatable bonds is 3. The van der Waals surface area contributed by atoms with E-state index in [2.05, 4.69) is 9.97 Å². The second-order valence-corrected chi connectivity index (χ2v) is 6.29. The molecule has 0 aliphatic rings. The van der Waals surface area contributed by atoms with E-state index in [-0.39, 0.29) is 17.1 Å². The molecule has 0 unspecified atom stereocenters. The summed E-state index contributed by atoms with van der Waals surface area (Å²) in [6.07, 6.45) is 2.03. The molecule has 2 heterocycles. The van der Waals surface area contributed by atoms with Crippen LogP contribution < -0.4 is 5.56 Å². The Morgan fingerprint density at radius 1 is 1.12 bits per heavy atom. The first-order valence-electron chi connectivity index (χ1n) is 7.70. The minimum Gasteiger partial charge on any atom is -0.504 e. The molecule has 3 N–H and O–H groups in total. The molecule has 0 radical (unpaired) electrons. The molecule has 0 bridgehead atoms. The number of nitrogens with zero attached hydrogens (tertiary/aromatic N) is 2. The van der Waals surface area contributed by atoms with Gasteiger partial charge < -0.3 is 15.2 Å². The number of H-pyrrole nitrogens is 1. The number of aromatic amines is 1. The van der Waals surface area contributed by atoms with Crippen molar-refractivity contribution >= 4 is 33.5 Å². The Morgan fingerprint density at radius 2 is 1.96 bits per heavy atom. The number of aryl methyl sites for hydroxylation is 2. The molecule has 2 aromatic carbocycles. The highest BCUT2D eigenvalue weighted by molar-refractivity contribution is 6.31. The van der Waals surface area contributed by atoms with Gasteiger partial charge in [0.25, 0.3) is 5.56 Å². The lowest BCUT2D eigenvalue weighted by atomic mass is 10.1. The smallest absolute Gasteiger partial charge is 0.277 e. The van der Waals surface area contributed by atoms with Gasteiger partial charge >= 0.3 is 0 Å². The van der Waals surface area contributed by atoms with Crippen molar-refractivity contribution in [2.24, 2.45) is 0 Å². The second-order valence-electron chi connectivity index (χ2n) is 5.85.